The van der Waals surface area contributed by atoms with Gasteiger partial charge in [0.15, 0.2) is 0 Å². The van der Waals surface area contributed by atoms with Crippen LogP contribution in [-0.2, 0) is 32.5 Å². The van der Waals surface area contributed by atoms with Crippen molar-refractivity contribution in [2.45, 2.75) is 38.6 Å². The maximum atomic E-state index is 13.7. The zero-order valence-electron chi connectivity index (χ0n) is 18.0. The summed E-state index contributed by atoms with van der Waals surface area (Å²) in [6.45, 7) is 5.98. The molecule has 0 aliphatic carbocycles. The fourth-order valence-electron chi connectivity index (χ4n) is 3.33. The van der Waals surface area contributed by atoms with E-state index < -0.39 is 10.0 Å². The maximum absolute atomic E-state index is 13.7. The summed E-state index contributed by atoms with van der Waals surface area (Å²) >= 11 is 0. The van der Waals surface area contributed by atoms with Crippen molar-refractivity contribution in [2.75, 3.05) is 10.9 Å². The van der Waals surface area contributed by atoms with Gasteiger partial charge in [-0.2, -0.15) is 0 Å². The second kappa shape index (κ2) is 9.79. The quantitative estimate of drug-likeness (QED) is 0.475. The lowest BCUT2D eigenvalue weighted by atomic mass is 10.1. The fraction of sp³-hybridized carbons (Fsp3) is 0.240. The summed E-state index contributed by atoms with van der Waals surface area (Å²) in [5.41, 5.74) is 3.77. The Morgan fingerprint density at radius 2 is 1.58 bits per heavy atom. The molecule has 3 rings (SSSR count). The molecule has 0 spiro atoms. The number of anilines is 1. The van der Waals surface area contributed by atoms with E-state index in [1.807, 2.05) is 49.4 Å². The molecule has 0 saturated carbocycles. The summed E-state index contributed by atoms with van der Waals surface area (Å²) in [7, 11) is -3.81. The highest BCUT2D eigenvalue weighted by atomic mass is 32.2. The van der Waals surface area contributed by atoms with Gasteiger partial charge in [-0.15, -0.1) is 0 Å². The Kier molecular flexibility index (Phi) is 7.13. The molecule has 0 aromatic heterocycles. The normalized spacial score (nSPS) is 11.2. The first-order chi connectivity index (χ1) is 14.8. The molecule has 0 amide bonds. The van der Waals surface area contributed by atoms with Crippen LogP contribution >= 0.6 is 0 Å². The second-order valence-corrected chi connectivity index (χ2v) is 9.25. The third kappa shape index (κ3) is 5.52. The molecule has 0 bridgehead atoms. The first kappa shape index (κ1) is 22.6. The van der Waals surface area contributed by atoms with Crippen molar-refractivity contribution in [1.29, 1.82) is 0 Å². The highest BCUT2D eigenvalue weighted by molar-refractivity contribution is 7.92. The molecule has 3 aromatic rings. The van der Waals surface area contributed by atoms with E-state index in [-0.39, 0.29) is 18.9 Å². The Morgan fingerprint density at radius 3 is 2.23 bits per heavy atom. The molecule has 0 radical (unpaired) electrons. The summed E-state index contributed by atoms with van der Waals surface area (Å²) in [4.78, 5) is 12.0. The average molecular weight is 438 g/mol. The lowest BCUT2D eigenvalue weighted by Gasteiger charge is -2.26. The van der Waals surface area contributed by atoms with E-state index in [2.05, 4.69) is 0 Å². The predicted molar refractivity (Wildman–Crippen MR) is 123 cm³/mol. The van der Waals surface area contributed by atoms with Gasteiger partial charge in [0.2, 0.25) is 0 Å². The average Bonchev–Trinajstić information content (AvgIpc) is 2.75. The van der Waals surface area contributed by atoms with Crippen LogP contribution in [0.5, 0.6) is 0 Å². The second-order valence-electron chi connectivity index (χ2n) is 7.41. The number of carbonyl (C=O) groups is 1. The van der Waals surface area contributed by atoms with E-state index in [0.29, 0.717) is 22.8 Å². The minimum Gasteiger partial charge on any atom is -0.466 e. The number of nitrogens with zero attached hydrogens (tertiary/aromatic N) is 1. The molecule has 0 saturated heterocycles. The zero-order valence-corrected chi connectivity index (χ0v) is 18.9. The molecular formula is C25H27NO4S. The molecule has 0 atom stereocenters. The van der Waals surface area contributed by atoms with Crippen LogP contribution in [0.4, 0.5) is 5.69 Å². The van der Waals surface area contributed by atoms with Gasteiger partial charge in [-0.3, -0.25) is 9.10 Å². The van der Waals surface area contributed by atoms with Crippen molar-refractivity contribution < 1.29 is 17.9 Å². The molecule has 6 heteroatoms. The van der Waals surface area contributed by atoms with Crippen LogP contribution in [-0.4, -0.2) is 21.0 Å². The number of carbonyl (C=O) groups excluding carboxylic acids is 1. The van der Waals surface area contributed by atoms with Crippen LogP contribution in [0.3, 0.4) is 0 Å². The Bertz CT molecular complexity index is 1140. The third-order valence-corrected chi connectivity index (χ3v) is 6.87. The van der Waals surface area contributed by atoms with Gasteiger partial charge in [0.25, 0.3) is 10.0 Å². The molecule has 0 unspecified atom stereocenters. The van der Waals surface area contributed by atoms with Crippen molar-refractivity contribution in [3.63, 3.8) is 0 Å². The van der Waals surface area contributed by atoms with Crippen molar-refractivity contribution in [3.8, 4) is 0 Å². The van der Waals surface area contributed by atoms with Crippen LogP contribution in [0.25, 0.3) is 0 Å². The lowest BCUT2D eigenvalue weighted by molar-refractivity contribution is -0.142. The van der Waals surface area contributed by atoms with E-state index in [9.17, 15) is 13.2 Å². The molecule has 0 fully saturated rings. The van der Waals surface area contributed by atoms with E-state index in [4.69, 9.17) is 4.74 Å². The number of sulfonamides is 1. The van der Waals surface area contributed by atoms with Crippen LogP contribution < -0.4 is 4.31 Å². The van der Waals surface area contributed by atoms with Gasteiger partial charge in [-0.1, -0.05) is 54.6 Å². The summed E-state index contributed by atoms with van der Waals surface area (Å²) in [5, 5.41) is 0. The topological polar surface area (TPSA) is 63.7 Å². The minimum absolute atomic E-state index is 0.149. The van der Waals surface area contributed by atoms with E-state index in [0.717, 1.165) is 16.7 Å². The summed E-state index contributed by atoms with van der Waals surface area (Å²) in [6.07, 6.45) is 0.149. The van der Waals surface area contributed by atoms with E-state index in [1.54, 1.807) is 44.2 Å². The van der Waals surface area contributed by atoms with Crippen LogP contribution in [0.1, 0.15) is 29.2 Å². The predicted octanol–water partition coefficient (Wildman–Crippen LogP) is 4.80. The van der Waals surface area contributed by atoms with Gasteiger partial charge < -0.3 is 4.74 Å². The van der Waals surface area contributed by atoms with Crippen molar-refractivity contribution in [1.82, 2.24) is 0 Å². The summed E-state index contributed by atoms with van der Waals surface area (Å²) in [6, 6.07) is 21.9. The maximum Gasteiger partial charge on any atom is 0.310 e. The van der Waals surface area contributed by atoms with Crippen LogP contribution in [0, 0.1) is 13.8 Å². The van der Waals surface area contributed by atoms with Crippen molar-refractivity contribution in [2.24, 2.45) is 0 Å². The number of benzene rings is 3. The van der Waals surface area contributed by atoms with Crippen LogP contribution in [0.15, 0.2) is 77.7 Å². The molecular weight excluding hydrogens is 410 g/mol. The number of ether oxygens (including phenoxy) is 1. The molecule has 31 heavy (non-hydrogen) atoms. The van der Waals surface area contributed by atoms with E-state index in [1.165, 1.54) is 4.31 Å². The number of hydrogen-bond acceptors (Lipinski definition) is 4. The SMILES string of the molecule is CCOC(=O)Cc1ccc(N(Cc2ccccc2)S(=O)(=O)c2cc(C)ccc2C)cc1. The molecule has 0 N–H and O–H groups in total. The van der Waals surface area contributed by atoms with Gasteiger partial charge in [0.05, 0.1) is 30.2 Å². The third-order valence-electron chi connectivity index (χ3n) is 4.96. The summed E-state index contributed by atoms with van der Waals surface area (Å²) < 4.78 is 33.8. The van der Waals surface area contributed by atoms with Gasteiger partial charge in [0.1, 0.15) is 0 Å². The highest BCUT2D eigenvalue weighted by Gasteiger charge is 2.27. The fourth-order valence-corrected chi connectivity index (χ4v) is 5.09. The molecule has 0 aliphatic rings. The monoisotopic (exact) mass is 437 g/mol. The summed E-state index contributed by atoms with van der Waals surface area (Å²) in [5.74, 6) is -0.306. The number of aryl methyl sites for hydroxylation is 2. The molecule has 162 valence electrons. The molecule has 0 heterocycles. The Hall–Kier alpha value is -3.12. The number of esters is 1. The van der Waals surface area contributed by atoms with Gasteiger partial charge in [-0.25, -0.2) is 8.42 Å². The smallest absolute Gasteiger partial charge is 0.310 e. The first-order valence-electron chi connectivity index (χ1n) is 10.2. The van der Waals surface area contributed by atoms with Gasteiger partial charge in [0, 0.05) is 0 Å². The minimum atomic E-state index is -3.81. The molecule has 0 aliphatic heterocycles. The Labute approximate surface area is 184 Å². The van der Waals surface area contributed by atoms with Crippen molar-refractivity contribution >= 4 is 21.7 Å². The number of hydrogen-bond donors (Lipinski definition) is 0. The van der Waals surface area contributed by atoms with Crippen LogP contribution in [0.2, 0.25) is 0 Å². The standard InChI is InChI=1S/C25H27NO4S/c1-4-30-25(27)17-21-12-14-23(15-13-21)26(18-22-8-6-5-7-9-22)31(28,29)24-16-19(2)10-11-20(24)3/h5-16H,4,17-18H2,1-3H3. The lowest BCUT2D eigenvalue weighted by Crippen LogP contribution is -2.31. The van der Waals surface area contributed by atoms with Gasteiger partial charge in [-0.05, 0) is 61.2 Å². The highest BCUT2D eigenvalue weighted by Crippen LogP contribution is 2.28. The van der Waals surface area contributed by atoms with Gasteiger partial charge >= 0.3 is 5.97 Å². The zero-order chi connectivity index (χ0) is 22.4. The Morgan fingerprint density at radius 1 is 0.903 bits per heavy atom. The first-order valence-corrected chi connectivity index (χ1v) is 11.6. The van der Waals surface area contributed by atoms with E-state index >= 15 is 0 Å². The molecule has 3 aromatic carbocycles. The Balaban J connectivity index is 2.01. The number of rotatable bonds is 8. The molecule has 5 nitrogen and oxygen atoms in total. The largest absolute Gasteiger partial charge is 0.466 e. The van der Waals surface area contributed by atoms with Crippen molar-refractivity contribution in [3.05, 3.63) is 95.1 Å².